The van der Waals surface area contributed by atoms with Crippen LogP contribution in [0.5, 0.6) is 5.75 Å². The molecule has 0 bridgehead atoms. The molecule has 18 heavy (non-hydrogen) atoms. The van der Waals surface area contributed by atoms with Crippen LogP contribution < -0.4 is 0 Å². The van der Waals surface area contributed by atoms with E-state index in [9.17, 15) is 9.90 Å². The monoisotopic (exact) mass is 260 g/mol. The summed E-state index contributed by atoms with van der Waals surface area (Å²) in [5.41, 5.74) is 1.34. The molecule has 0 spiro atoms. The lowest BCUT2D eigenvalue weighted by atomic mass is 9.86. The van der Waals surface area contributed by atoms with Crippen molar-refractivity contribution in [2.24, 2.45) is 0 Å². The zero-order valence-corrected chi connectivity index (χ0v) is 11.5. The van der Waals surface area contributed by atoms with E-state index in [0.29, 0.717) is 10.4 Å². The summed E-state index contributed by atoms with van der Waals surface area (Å²) >= 11 is 1.38. The van der Waals surface area contributed by atoms with Crippen molar-refractivity contribution in [3.63, 3.8) is 0 Å². The maximum absolute atomic E-state index is 12.1. The smallest absolute Gasteiger partial charge is 0.206 e. The Bertz CT molecular complexity index is 563. The highest BCUT2D eigenvalue weighted by atomic mass is 32.1. The lowest BCUT2D eigenvalue weighted by molar-refractivity contribution is 0.104. The third kappa shape index (κ3) is 2.46. The average Bonchev–Trinajstić information content (AvgIpc) is 2.80. The molecule has 0 atom stereocenters. The molecule has 0 fully saturated rings. The van der Waals surface area contributed by atoms with E-state index < -0.39 is 0 Å². The zero-order valence-electron chi connectivity index (χ0n) is 10.7. The first kappa shape index (κ1) is 12.8. The van der Waals surface area contributed by atoms with Crippen LogP contribution in [0.15, 0.2) is 35.7 Å². The van der Waals surface area contributed by atoms with E-state index in [1.54, 1.807) is 18.2 Å². The molecule has 1 aromatic heterocycles. The number of aromatic hydroxyl groups is 1. The van der Waals surface area contributed by atoms with Crippen molar-refractivity contribution in [2.45, 2.75) is 26.2 Å². The van der Waals surface area contributed by atoms with E-state index in [0.717, 1.165) is 5.56 Å². The van der Waals surface area contributed by atoms with Crippen LogP contribution in [0.2, 0.25) is 0 Å². The number of phenolic OH excluding ortho intramolecular Hbond substituents is 1. The number of hydrogen-bond donors (Lipinski definition) is 1. The highest BCUT2D eigenvalue weighted by molar-refractivity contribution is 7.12. The van der Waals surface area contributed by atoms with Gasteiger partial charge in [0.15, 0.2) is 0 Å². The standard InChI is InChI=1S/C15H16O2S/c1-15(2,3)10-6-7-11(12(16)9-10)14(17)13-5-4-8-18-13/h4-9,16H,1-3H3. The van der Waals surface area contributed by atoms with Crippen LogP contribution in [-0.2, 0) is 5.41 Å². The van der Waals surface area contributed by atoms with Gasteiger partial charge in [0.25, 0.3) is 0 Å². The van der Waals surface area contributed by atoms with E-state index in [1.165, 1.54) is 11.3 Å². The van der Waals surface area contributed by atoms with Gasteiger partial charge in [0.1, 0.15) is 5.75 Å². The number of rotatable bonds is 2. The molecule has 2 aromatic rings. The lowest BCUT2D eigenvalue weighted by Crippen LogP contribution is -2.11. The molecular weight excluding hydrogens is 244 g/mol. The molecule has 0 amide bonds. The van der Waals surface area contributed by atoms with Crippen LogP contribution in [0, 0.1) is 0 Å². The van der Waals surface area contributed by atoms with E-state index in [4.69, 9.17) is 0 Å². The van der Waals surface area contributed by atoms with Crippen molar-refractivity contribution in [3.05, 3.63) is 51.7 Å². The van der Waals surface area contributed by atoms with E-state index in [1.807, 2.05) is 17.5 Å². The first-order chi connectivity index (χ1) is 8.39. The number of thiophene rings is 1. The summed E-state index contributed by atoms with van der Waals surface area (Å²) < 4.78 is 0. The van der Waals surface area contributed by atoms with Crippen molar-refractivity contribution in [1.82, 2.24) is 0 Å². The molecule has 0 saturated carbocycles. The highest BCUT2D eigenvalue weighted by Gasteiger charge is 2.19. The Morgan fingerprint density at radius 1 is 1.22 bits per heavy atom. The van der Waals surface area contributed by atoms with Crippen LogP contribution in [0.25, 0.3) is 0 Å². The van der Waals surface area contributed by atoms with E-state index >= 15 is 0 Å². The maximum atomic E-state index is 12.1. The zero-order chi connectivity index (χ0) is 13.3. The third-order valence-corrected chi connectivity index (χ3v) is 3.72. The van der Waals surface area contributed by atoms with Crippen molar-refractivity contribution in [3.8, 4) is 5.75 Å². The van der Waals surface area contributed by atoms with Crippen LogP contribution in [0.1, 0.15) is 41.6 Å². The largest absolute Gasteiger partial charge is 0.507 e. The van der Waals surface area contributed by atoms with Crippen LogP contribution in [0.4, 0.5) is 0 Å². The number of hydrogen-bond acceptors (Lipinski definition) is 3. The van der Waals surface area contributed by atoms with Crippen molar-refractivity contribution in [1.29, 1.82) is 0 Å². The summed E-state index contributed by atoms with van der Waals surface area (Å²) in [5, 5.41) is 11.9. The quantitative estimate of drug-likeness (QED) is 0.829. The fourth-order valence-corrected chi connectivity index (χ4v) is 2.41. The normalized spacial score (nSPS) is 11.5. The highest BCUT2D eigenvalue weighted by Crippen LogP contribution is 2.29. The Balaban J connectivity index is 2.40. The summed E-state index contributed by atoms with van der Waals surface area (Å²) in [5.74, 6) is -0.0659. The second kappa shape index (κ2) is 4.58. The molecule has 2 nitrogen and oxygen atoms in total. The molecule has 0 aliphatic carbocycles. The predicted molar refractivity (Wildman–Crippen MR) is 74.6 cm³/mol. The Morgan fingerprint density at radius 3 is 2.44 bits per heavy atom. The predicted octanol–water partition coefficient (Wildman–Crippen LogP) is 3.98. The minimum Gasteiger partial charge on any atom is -0.507 e. The van der Waals surface area contributed by atoms with Crippen LogP contribution in [-0.4, -0.2) is 10.9 Å². The lowest BCUT2D eigenvalue weighted by Gasteiger charge is -2.19. The van der Waals surface area contributed by atoms with Gasteiger partial charge in [-0.15, -0.1) is 11.3 Å². The van der Waals surface area contributed by atoms with Crippen molar-refractivity contribution in [2.75, 3.05) is 0 Å². The van der Waals surface area contributed by atoms with Gasteiger partial charge >= 0.3 is 0 Å². The molecule has 2 rings (SSSR count). The first-order valence-electron chi connectivity index (χ1n) is 5.81. The molecule has 1 heterocycles. The van der Waals surface area contributed by atoms with Gasteiger partial charge in [-0.2, -0.15) is 0 Å². The number of ketones is 1. The first-order valence-corrected chi connectivity index (χ1v) is 6.69. The molecule has 0 aliphatic rings. The topological polar surface area (TPSA) is 37.3 Å². The molecule has 0 aliphatic heterocycles. The minimum absolute atomic E-state index is 0.0397. The van der Waals surface area contributed by atoms with Gasteiger partial charge in [-0.25, -0.2) is 0 Å². The molecule has 1 N–H and O–H groups in total. The Kier molecular flexibility index (Phi) is 3.26. The van der Waals surface area contributed by atoms with Crippen LogP contribution >= 0.6 is 11.3 Å². The minimum atomic E-state index is -0.122. The molecule has 0 saturated heterocycles. The van der Waals surface area contributed by atoms with E-state index in [-0.39, 0.29) is 16.9 Å². The summed E-state index contributed by atoms with van der Waals surface area (Å²) in [6.45, 7) is 6.22. The Hall–Kier alpha value is -1.61. The SMILES string of the molecule is CC(C)(C)c1ccc(C(=O)c2cccs2)c(O)c1. The second-order valence-corrected chi connectivity index (χ2v) is 6.24. The number of phenols is 1. The number of carbonyl (C=O) groups is 1. The van der Waals surface area contributed by atoms with Gasteiger partial charge in [0.05, 0.1) is 10.4 Å². The van der Waals surface area contributed by atoms with Crippen molar-refractivity contribution < 1.29 is 9.90 Å². The fraction of sp³-hybridized carbons (Fsp3) is 0.267. The molecule has 3 heteroatoms. The summed E-state index contributed by atoms with van der Waals surface area (Å²) in [4.78, 5) is 12.8. The summed E-state index contributed by atoms with van der Waals surface area (Å²) in [7, 11) is 0. The van der Waals surface area contributed by atoms with Gasteiger partial charge in [-0.1, -0.05) is 32.9 Å². The summed E-state index contributed by atoms with van der Waals surface area (Å²) in [6, 6.07) is 8.89. The Labute approximate surface area is 111 Å². The number of benzene rings is 1. The Morgan fingerprint density at radius 2 is 1.94 bits per heavy atom. The van der Waals surface area contributed by atoms with Gasteiger partial charge in [-0.3, -0.25) is 4.79 Å². The van der Waals surface area contributed by atoms with Gasteiger partial charge in [0, 0.05) is 0 Å². The van der Waals surface area contributed by atoms with E-state index in [2.05, 4.69) is 20.8 Å². The molecule has 94 valence electrons. The maximum Gasteiger partial charge on any atom is 0.206 e. The molecule has 1 aromatic carbocycles. The molecule has 0 unspecified atom stereocenters. The van der Waals surface area contributed by atoms with Gasteiger partial charge in [0.2, 0.25) is 5.78 Å². The van der Waals surface area contributed by atoms with Gasteiger partial charge < -0.3 is 5.11 Å². The molecule has 0 radical (unpaired) electrons. The third-order valence-electron chi connectivity index (χ3n) is 2.85. The summed E-state index contributed by atoms with van der Waals surface area (Å²) in [6.07, 6.45) is 0. The van der Waals surface area contributed by atoms with Crippen molar-refractivity contribution >= 4 is 17.1 Å². The van der Waals surface area contributed by atoms with Crippen LogP contribution in [0.3, 0.4) is 0 Å². The second-order valence-electron chi connectivity index (χ2n) is 5.29. The number of carbonyl (C=O) groups excluding carboxylic acids is 1. The van der Waals surface area contributed by atoms with Gasteiger partial charge in [-0.05, 0) is 34.6 Å². The molecular formula is C15H16O2S. The fourth-order valence-electron chi connectivity index (χ4n) is 1.73. The average molecular weight is 260 g/mol.